The molecule has 0 radical (unpaired) electrons. The Hall–Kier alpha value is -0.0400. The highest BCUT2D eigenvalue weighted by Gasteiger charge is 2.45. The first-order chi connectivity index (χ1) is 6.29. The summed E-state index contributed by atoms with van der Waals surface area (Å²) in [7, 11) is 2.18. The Labute approximate surface area is 82.3 Å². The molecular formula is C12H23N. The summed E-state index contributed by atoms with van der Waals surface area (Å²) < 4.78 is 0. The molecule has 0 aromatic carbocycles. The van der Waals surface area contributed by atoms with Crippen molar-refractivity contribution in [2.24, 2.45) is 11.8 Å². The van der Waals surface area contributed by atoms with Gasteiger partial charge in [-0.15, -0.1) is 0 Å². The molecule has 0 saturated heterocycles. The van der Waals surface area contributed by atoms with Crippen LogP contribution in [-0.4, -0.2) is 12.6 Å². The molecule has 2 saturated carbocycles. The standard InChI is InChI=1S/C12H23N/c1-10-6-5-8-11-7-3-4-9-12(10,11)13-2/h10-11,13H,3-9H2,1-2H3/t10?,11?,12-/m1/s1. The van der Waals surface area contributed by atoms with Crippen LogP contribution >= 0.6 is 0 Å². The summed E-state index contributed by atoms with van der Waals surface area (Å²) in [5.41, 5.74) is 0.524. The van der Waals surface area contributed by atoms with Gasteiger partial charge < -0.3 is 5.32 Å². The molecule has 0 spiro atoms. The van der Waals surface area contributed by atoms with Crippen LogP contribution in [0.1, 0.15) is 51.9 Å². The van der Waals surface area contributed by atoms with E-state index in [1.807, 2.05) is 0 Å². The number of rotatable bonds is 1. The summed E-state index contributed by atoms with van der Waals surface area (Å²) in [5, 5.41) is 3.67. The number of hydrogen-bond acceptors (Lipinski definition) is 1. The van der Waals surface area contributed by atoms with Gasteiger partial charge in [0.1, 0.15) is 0 Å². The molecule has 0 bridgehead atoms. The first-order valence-electron chi connectivity index (χ1n) is 5.98. The van der Waals surface area contributed by atoms with E-state index in [2.05, 4.69) is 19.3 Å². The predicted octanol–water partition coefficient (Wildman–Crippen LogP) is 2.95. The Bertz CT molecular complexity index is 176. The quantitative estimate of drug-likeness (QED) is 0.656. The fraction of sp³-hybridized carbons (Fsp3) is 1.00. The summed E-state index contributed by atoms with van der Waals surface area (Å²) in [4.78, 5) is 0. The van der Waals surface area contributed by atoms with Gasteiger partial charge in [0.2, 0.25) is 0 Å². The largest absolute Gasteiger partial charge is 0.314 e. The van der Waals surface area contributed by atoms with Crippen molar-refractivity contribution in [3.8, 4) is 0 Å². The second kappa shape index (κ2) is 3.61. The molecule has 2 unspecified atom stereocenters. The van der Waals surface area contributed by atoms with E-state index >= 15 is 0 Å². The Morgan fingerprint density at radius 2 is 1.85 bits per heavy atom. The highest BCUT2D eigenvalue weighted by molar-refractivity contribution is 5.02. The van der Waals surface area contributed by atoms with Crippen LogP contribution < -0.4 is 5.32 Å². The Morgan fingerprint density at radius 1 is 1.08 bits per heavy atom. The second-order valence-electron chi connectivity index (χ2n) is 5.07. The number of nitrogens with one attached hydrogen (secondary N) is 1. The average molecular weight is 181 g/mol. The van der Waals surface area contributed by atoms with E-state index in [0.29, 0.717) is 5.54 Å². The molecule has 3 atom stereocenters. The van der Waals surface area contributed by atoms with Crippen molar-refractivity contribution >= 4 is 0 Å². The van der Waals surface area contributed by atoms with E-state index < -0.39 is 0 Å². The minimum absolute atomic E-state index is 0.524. The zero-order valence-corrected chi connectivity index (χ0v) is 9.10. The molecule has 13 heavy (non-hydrogen) atoms. The summed E-state index contributed by atoms with van der Waals surface area (Å²) in [5.74, 6) is 1.88. The van der Waals surface area contributed by atoms with Crippen LogP contribution in [0.15, 0.2) is 0 Å². The molecule has 76 valence electrons. The molecule has 0 aliphatic heterocycles. The van der Waals surface area contributed by atoms with Gasteiger partial charge in [-0.25, -0.2) is 0 Å². The van der Waals surface area contributed by atoms with Crippen LogP contribution in [0.4, 0.5) is 0 Å². The van der Waals surface area contributed by atoms with Crippen LogP contribution in [0.2, 0.25) is 0 Å². The van der Waals surface area contributed by atoms with Gasteiger partial charge >= 0.3 is 0 Å². The lowest BCUT2D eigenvalue weighted by atomic mass is 9.60. The van der Waals surface area contributed by atoms with Crippen molar-refractivity contribution in [2.45, 2.75) is 57.4 Å². The summed E-state index contributed by atoms with van der Waals surface area (Å²) in [6.45, 7) is 2.45. The third-order valence-corrected chi connectivity index (χ3v) is 4.66. The van der Waals surface area contributed by atoms with E-state index in [4.69, 9.17) is 0 Å². The third kappa shape index (κ3) is 1.41. The fourth-order valence-electron chi connectivity index (χ4n) is 3.82. The van der Waals surface area contributed by atoms with Crippen LogP contribution in [0.25, 0.3) is 0 Å². The first kappa shape index (κ1) is 9.51. The highest BCUT2D eigenvalue weighted by atomic mass is 15.0. The van der Waals surface area contributed by atoms with Crippen molar-refractivity contribution in [3.63, 3.8) is 0 Å². The van der Waals surface area contributed by atoms with Gasteiger partial charge in [0.25, 0.3) is 0 Å². The van der Waals surface area contributed by atoms with Crippen LogP contribution in [0, 0.1) is 11.8 Å². The first-order valence-corrected chi connectivity index (χ1v) is 5.98. The minimum Gasteiger partial charge on any atom is -0.314 e. The summed E-state index contributed by atoms with van der Waals surface area (Å²) >= 11 is 0. The maximum absolute atomic E-state index is 3.67. The van der Waals surface area contributed by atoms with Crippen molar-refractivity contribution < 1.29 is 0 Å². The summed E-state index contributed by atoms with van der Waals surface area (Å²) in [6, 6.07) is 0. The lowest BCUT2D eigenvalue weighted by Crippen LogP contribution is -2.57. The van der Waals surface area contributed by atoms with Gasteiger partial charge in [-0.2, -0.15) is 0 Å². The van der Waals surface area contributed by atoms with Gasteiger partial charge in [-0.05, 0) is 44.6 Å². The molecular weight excluding hydrogens is 158 g/mol. The van der Waals surface area contributed by atoms with E-state index in [0.717, 1.165) is 11.8 Å². The van der Waals surface area contributed by atoms with E-state index in [1.165, 1.54) is 44.9 Å². The molecule has 0 amide bonds. The zero-order chi connectivity index (χ0) is 9.31. The average Bonchev–Trinajstić information content (AvgIpc) is 2.19. The van der Waals surface area contributed by atoms with Crippen LogP contribution in [-0.2, 0) is 0 Å². The molecule has 1 heteroatoms. The molecule has 2 rings (SSSR count). The highest BCUT2D eigenvalue weighted by Crippen LogP contribution is 2.46. The van der Waals surface area contributed by atoms with Gasteiger partial charge in [-0.3, -0.25) is 0 Å². The topological polar surface area (TPSA) is 12.0 Å². The van der Waals surface area contributed by atoms with Crippen molar-refractivity contribution in [3.05, 3.63) is 0 Å². The van der Waals surface area contributed by atoms with Gasteiger partial charge in [0, 0.05) is 5.54 Å². The maximum Gasteiger partial charge on any atom is 0.0232 e. The predicted molar refractivity (Wildman–Crippen MR) is 56.8 cm³/mol. The minimum atomic E-state index is 0.524. The Balaban J connectivity index is 2.18. The maximum atomic E-state index is 3.67. The van der Waals surface area contributed by atoms with Crippen molar-refractivity contribution in [2.75, 3.05) is 7.05 Å². The van der Waals surface area contributed by atoms with Crippen molar-refractivity contribution in [1.82, 2.24) is 5.32 Å². The molecule has 2 aliphatic rings. The van der Waals surface area contributed by atoms with Gasteiger partial charge in [0.15, 0.2) is 0 Å². The van der Waals surface area contributed by atoms with Gasteiger partial charge in [-0.1, -0.05) is 26.2 Å². The van der Waals surface area contributed by atoms with Gasteiger partial charge in [0.05, 0.1) is 0 Å². The molecule has 1 nitrogen and oxygen atoms in total. The zero-order valence-electron chi connectivity index (χ0n) is 9.10. The van der Waals surface area contributed by atoms with Crippen LogP contribution in [0.5, 0.6) is 0 Å². The molecule has 0 heterocycles. The molecule has 0 aromatic rings. The monoisotopic (exact) mass is 181 g/mol. The van der Waals surface area contributed by atoms with E-state index in [-0.39, 0.29) is 0 Å². The van der Waals surface area contributed by atoms with Crippen LogP contribution in [0.3, 0.4) is 0 Å². The smallest absolute Gasteiger partial charge is 0.0232 e. The fourth-order valence-corrected chi connectivity index (χ4v) is 3.82. The normalized spacial score (nSPS) is 45.7. The third-order valence-electron chi connectivity index (χ3n) is 4.66. The lowest BCUT2D eigenvalue weighted by molar-refractivity contribution is 0.0476. The Kier molecular flexibility index (Phi) is 2.64. The molecule has 2 aliphatic carbocycles. The number of fused-ring (bicyclic) bond motifs is 1. The second-order valence-corrected chi connectivity index (χ2v) is 5.07. The number of hydrogen-bond donors (Lipinski definition) is 1. The van der Waals surface area contributed by atoms with E-state index in [9.17, 15) is 0 Å². The SMILES string of the molecule is CN[C@@]12CCCCC1CCCC2C. The summed E-state index contributed by atoms with van der Waals surface area (Å²) in [6.07, 6.45) is 10.2. The lowest BCUT2D eigenvalue weighted by Gasteiger charge is -2.51. The van der Waals surface area contributed by atoms with E-state index in [1.54, 1.807) is 0 Å². The Morgan fingerprint density at radius 3 is 2.54 bits per heavy atom. The van der Waals surface area contributed by atoms with Crippen molar-refractivity contribution in [1.29, 1.82) is 0 Å². The molecule has 1 N–H and O–H groups in total. The molecule has 2 fully saturated rings. The molecule has 0 aromatic heterocycles.